The highest BCUT2D eigenvalue weighted by molar-refractivity contribution is 7.80. The minimum Gasteiger partial charge on any atom is -0.313 e. The van der Waals surface area contributed by atoms with Gasteiger partial charge < -0.3 is 5.32 Å². The number of rotatable bonds is 5. The van der Waals surface area contributed by atoms with Gasteiger partial charge in [-0.15, -0.1) is 0 Å². The predicted octanol–water partition coefficient (Wildman–Crippen LogP) is 3.70. The monoisotopic (exact) mass is 251 g/mol. The highest BCUT2D eigenvalue weighted by Crippen LogP contribution is 2.24. The number of aryl methyl sites for hydroxylation is 1. The molecule has 1 aromatic carbocycles. The summed E-state index contributed by atoms with van der Waals surface area (Å²) in [5.41, 5.74) is 4.43. The van der Waals surface area contributed by atoms with Crippen molar-refractivity contribution in [2.75, 3.05) is 12.3 Å². The largest absolute Gasteiger partial charge is 0.313 e. The van der Waals surface area contributed by atoms with Crippen molar-refractivity contribution in [1.82, 2.24) is 5.32 Å². The Morgan fingerprint density at radius 1 is 1.24 bits per heavy atom. The van der Waals surface area contributed by atoms with E-state index < -0.39 is 0 Å². The third-order valence-electron chi connectivity index (χ3n) is 3.04. The molecule has 0 aliphatic rings. The molecule has 1 aromatic rings. The lowest BCUT2D eigenvalue weighted by Crippen LogP contribution is -2.17. The summed E-state index contributed by atoms with van der Waals surface area (Å²) in [6, 6.07) is 6.81. The summed E-state index contributed by atoms with van der Waals surface area (Å²) in [5.74, 6) is 0.952. The Labute approximate surface area is 111 Å². The first kappa shape index (κ1) is 14.6. The fourth-order valence-electron chi connectivity index (χ4n) is 1.76. The standard InChI is InChI=1S/C15H25NS/c1-12-6-7-14(15(2,3)4)10-13(12)11-16-8-5-9-17/h6-7,10,16-17H,5,8-9,11H2,1-4H3. The van der Waals surface area contributed by atoms with Crippen LogP contribution in [0.5, 0.6) is 0 Å². The zero-order chi connectivity index (χ0) is 12.9. The van der Waals surface area contributed by atoms with E-state index in [9.17, 15) is 0 Å². The Hall–Kier alpha value is -0.470. The topological polar surface area (TPSA) is 12.0 Å². The van der Waals surface area contributed by atoms with E-state index in [1.165, 1.54) is 16.7 Å². The van der Waals surface area contributed by atoms with E-state index in [1.807, 2.05) is 0 Å². The third-order valence-corrected chi connectivity index (χ3v) is 3.36. The van der Waals surface area contributed by atoms with Gasteiger partial charge in [0.05, 0.1) is 0 Å². The fourth-order valence-corrected chi connectivity index (χ4v) is 1.91. The van der Waals surface area contributed by atoms with Gasteiger partial charge in [-0.2, -0.15) is 12.6 Å². The summed E-state index contributed by atoms with van der Waals surface area (Å²) >= 11 is 4.22. The van der Waals surface area contributed by atoms with Crippen molar-refractivity contribution in [3.8, 4) is 0 Å². The molecule has 0 radical (unpaired) electrons. The molecular weight excluding hydrogens is 226 g/mol. The van der Waals surface area contributed by atoms with Crippen molar-refractivity contribution < 1.29 is 0 Å². The minimum atomic E-state index is 0.230. The maximum Gasteiger partial charge on any atom is 0.0208 e. The molecule has 0 atom stereocenters. The molecule has 1 rings (SSSR count). The van der Waals surface area contributed by atoms with Gasteiger partial charge in [-0.25, -0.2) is 0 Å². The van der Waals surface area contributed by atoms with Crippen LogP contribution >= 0.6 is 12.6 Å². The van der Waals surface area contributed by atoms with E-state index in [0.717, 1.165) is 25.3 Å². The average molecular weight is 251 g/mol. The van der Waals surface area contributed by atoms with Crippen LogP contribution in [-0.4, -0.2) is 12.3 Å². The smallest absolute Gasteiger partial charge is 0.0208 e. The van der Waals surface area contributed by atoms with E-state index in [0.29, 0.717) is 0 Å². The summed E-state index contributed by atoms with van der Waals surface area (Å²) in [5, 5.41) is 3.47. The molecule has 0 fully saturated rings. The Bertz CT molecular complexity index is 352. The molecule has 0 spiro atoms. The van der Waals surface area contributed by atoms with Crippen molar-refractivity contribution in [3.05, 3.63) is 34.9 Å². The molecule has 2 heteroatoms. The SMILES string of the molecule is Cc1ccc(C(C)(C)C)cc1CNCCCS. The average Bonchev–Trinajstić information content (AvgIpc) is 2.25. The first-order chi connectivity index (χ1) is 7.95. The Kier molecular flexibility index (Phi) is 5.54. The lowest BCUT2D eigenvalue weighted by Gasteiger charge is -2.21. The normalized spacial score (nSPS) is 11.8. The van der Waals surface area contributed by atoms with Crippen LogP contribution < -0.4 is 5.32 Å². The number of thiol groups is 1. The fraction of sp³-hybridized carbons (Fsp3) is 0.600. The lowest BCUT2D eigenvalue weighted by molar-refractivity contribution is 0.587. The zero-order valence-electron chi connectivity index (χ0n) is 11.5. The van der Waals surface area contributed by atoms with Crippen LogP contribution in [0.2, 0.25) is 0 Å². The molecular formula is C15H25NS. The van der Waals surface area contributed by atoms with Gasteiger partial charge >= 0.3 is 0 Å². The third kappa shape index (κ3) is 4.72. The van der Waals surface area contributed by atoms with Gasteiger partial charge in [0, 0.05) is 6.54 Å². The van der Waals surface area contributed by atoms with Crippen molar-refractivity contribution in [2.45, 2.75) is 46.1 Å². The van der Waals surface area contributed by atoms with E-state index >= 15 is 0 Å². The van der Waals surface area contributed by atoms with Crippen molar-refractivity contribution in [3.63, 3.8) is 0 Å². The summed E-state index contributed by atoms with van der Waals surface area (Å²) in [6.45, 7) is 11.0. The number of hydrogen-bond acceptors (Lipinski definition) is 2. The highest BCUT2D eigenvalue weighted by atomic mass is 32.1. The second kappa shape index (κ2) is 6.46. The Morgan fingerprint density at radius 2 is 1.94 bits per heavy atom. The molecule has 0 saturated carbocycles. The van der Waals surface area contributed by atoms with Crippen LogP contribution in [0.4, 0.5) is 0 Å². The van der Waals surface area contributed by atoms with E-state index in [2.05, 4.69) is 63.8 Å². The second-order valence-electron chi connectivity index (χ2n) is 5.65. The molecule has 0 unspecified atom stereocenters. The molecule has 96 valence electrons. The molecule has 0 aromatic heterocycles. The maximum absolute atomic E-state index is 4.22. The van der Waals surface area contributed by atoms with Crippen molar-refractivity contribution in [2.24, 2.45) is 0 Å². The van der Waals surface area contributed by atoms with Gasteiger partial charge in [0.15, 0.2) is 0 Å². The van der Waals surface area contributed by atoms with Crippen LogP contribution in [0.15, 0.2) is 18.2 Å². The Morgan fingerprint density at radius 3 is 2.53 bits per heavy atom. The van der Waals surface area contributed by atoms with Gasteiger partial charge in [-0.3, -0.25) is 0 Å². The molecule has 0 amide bonds. The van der Waals surface area contributed by atoms with Crippen molar-refractivity contribution >= 4 is 12.6 Å². The molecule has 1 N–H and O–H groups in total. The van der Waals surface area contributed by atoms with Gasteiger partial charge in [-0.1, -0.05) is 39.0 Å². The molecule has 0 bridgehead atoms. The summed E-state index contributed by atoms with van der Waals surface area (Å²) < 4.78 is 0. The Balaban J connectivity index is 2.70. The number of nitrogens with one attached hydrogen (secondary N) is 1. The van der Waals surface area contributed by atoms with Crippen molar-refractivity contribution in [1.29, 1.82) is 0 Å². The van der Waals surface area contributed by atoms with Gasteiger partial charge in [0.1, 0.15) is 0 Å². The quantitative estimate of drug-likeness (QED) is 0.600. The molecule has 0 aliphatic heterocycles. The van der Waals surface area contributed by atoms with Crippen LogP contribution in [0.25, 0.3) is 0 Å². The van der Waals surface area contributed by atoms with Crippen LogP contribution in [0.1, 0.15) is 43.9 Å². The lowest BCUT2D eigenvalue weighted by atomic mass is 9.85. The minimum absolute atomic E-state index is 0.230. The highest BCUT2D eigenvalue weighted by Gasteiger charge is 2.14. The summed E-state index contributed by atoms with van der Waals surface area (Å²) in [6.07, 6.45) is 1.13. The molecule has 1 nitrogen and oxygen atoms in total. The van der Waals surface area contributed by atoms with E-state index in [-0.39, 0.29) is 5.41 Å². The van der Waals surface area contributed by atoms with Crippen LogP contribution in [-0.2, 0) is 12.0 Å². The first-order valence-electron chi connectivity index (χ1n) is 6.36. The van der Waals surface area contributed by atoms with Gasteiger partial charge in [0.2, 0.25) is 0 Å². The van der Waals surface area contributed by atoms with Gasteiger partial charge in [-0.05, 0) is 47.7 Å². The number of benzene rings is 1. The molecule has 0 saturated heterocycles. The van der Waals surface area contributed by atoms with E-state index in [1.54, 1.807) is 0 Å². The molecule has 0 aliphatic carbocycles. The van der Waals surface area contributed by atoms with E-state index in [4.69, 9.17) is 0 Å². The van der Waals surface area contributed by atoms with Gasteiger partial charge in [0.25, 0.3) is 0 Å². The predicted molar refractivity (Wildman–Crippen MR) is 80.1 cm³/mol. The molecule has 17 heavy (non-hydrogen) atoms. The molecule has 0 heterocycles. The first-order valence-corrected chi connectivity index (χ1v) is 7.00. The number of hydrogen-bond donors (Lipinski definition) is 2. The summed E-state index contributed by atoms with van der Waals surface area (Å²) in [4.78, 5) is 0. The van der Waals surface area contributed by atoms with Crippen LogP contribution in [0, 0.1) is 6.92 Å². The van der Waals surface area contributed by atoms with Crippen LogP contribution in [0.3, 0.4) is 0 Å². The summed E-state index contributed by atoms with van der Waals surface area (Å²) in [7, 11) is 0. The second-order valence-corrected chi connectivity index (χ2v) is 6.09. The zero-order valence-corrected chi connectivity index (χ0v) is 12.4. The maximum atomic E-state index is 4.22.